The van der Waals surface area contributed by atoms with Crippen LogP contribution in [0.3, 0.4) is 0 Å². The number of H-pyrrole nitrogens is 1. The Labute approximate surface area is 170 Å². The molecule has 3 nitrogen and oxygen atoms in total. The molecule has 0 saturated heterocycles. The summed E-state index contributed by atoms with van der Waals surface area (Å²) in [7, 11) is 0. The van der Waals surface area contributed by atoms with E-state index >= 15 is 0 Å². The summed E-state index contributed by atoms with van der Waals surface area (Å²) in [5.74, 6) is -1.98. The first kappa shape index (κ1) is 22.1. The number of benzene rings is 2. The Balaban J connectivity index is 2.04. The lowest BCUT2D eigenvalue weighted by Gasteiger charge is -2.38. The minimum absolute atomic E-state index is 0.00780. The van der Waals surface area contributed by atoms with E-state index in [9.17, 15) is 32.2 Å². The molecular formula is C22H22F5NO2. The number of aliphatic hydroxyl groups is 1. The number of phenols is 1. The van der Waals surface area contributed by atoms with Crippen LogP contribution in [-0.2, 0) is 11.8 Å². The molecule has 0 bridgehead atoms. The summed E-state index contributed by atoms with van der Waals surface area (Å²) in [6.07, 6.45) is -6.87. The minimum Gasteiger partial charge on any atom is -0.508 e. The van der Waals surface area contributed by atoms with E-state index in [1.54, 1.807) is 6.92 Å². The van der Waals surface area contributed by atoms with Crippen molar-refractivity contribution in [3.05, 3.63) is 64.9 Å². The summed E-state index contributed by atoms with van der Waals surface area (Å²) in [6.45, 7) is 4.33. The van der Waals surface area contributed by atoms with Crippen molar-refractivity contribution in [3.63, 3.8) is 0 Å². The summed E-state index contributed by atoms with van der Waals surface area (Å²) in [5, 5.41) is 21.1. The van der Waals surface area contributed by atoms with Crippen LogP contribution in [0.5, 0.6) is 5.75 Å². The van der Waals surface area contributed by atoms with Crippen molar-refractivity contribution >= 4 is 10.9 Å². The molecule has 30 heavy (non-hydrogen) atoms. The number of phenolic OH excluding ortho intramolecular Hbond substituents is 1. The van der Waals surface area contributed by atoms with Gasteiger partial charge in [0.05, 0.1) is 5.52 Å². The predicted molar refractivity (Wildman–Crippen MR) is 103 cm³/mol. The molecule has 0 aliphatic heterocycles. The predicted octanol–water partition coefficient (Wildman–Crippen LogP) is 5.66. The van der Waals surface area contributed by atoms with Crippen molar-refractivity contribution in [2.24, 2.45) is 0 Å². The van der Waals surface area contributed by atoms with Gasteiger partial charge in [-0.3, -0.25) is 0 Å². The Morgan fingerprint density at radius 3 is 2.23 bits per heavy atom. The van der Waals surface area contributed by atoms with Gasteiger partial charge in [0.2, 0.25) is 0 Å². The van der Waals surface area contributed by atoms with E-state index in [1.165, 1.54) is 44.2 Å². The average molecular weight is 427 g/mol. The van der Waals surface area contributed by atoms with E-state index in [0.29, 0.717) is 10.9 Å². The maximum atomic E-state index is 14.3. The maximum Gasteiger partial charge on any atom is 0.417 e. The fraction of sp³-hybridized carbons (Fsp3) is 0.364. The molecule has 0 saturated carbocycles. The zero-order valence-electron chi connectivity index (χ0n) is 16.7. The zero-order chi connectivity index (χ0) is 22.5. The lowest BCUT2D eigenvalue weighted by Crippen LogP contribution is -2.51. The number of nitrogens with one attached hydrogen (secondary N) is 1. The summed E-state index contributed by atoms with van der Waals surface area (Å²) in [6, 6.07) is 7.54. The van der Waals surface area contributed by atoms with Crippen molar-refractivity contribution in [1.29, 1.82) is 0 Å². The Bertz CT molecular complexity index is 1030. The first-order valence-corrected chi connectivity index (χ1v) is 9.29. The lowest BCUT2D eigenvalue weighted by molar-refractivity contribution is -0.266. The highest BCUT2D eigenvalue weighted by Crippen LogP contribution is 2.45. The Hall–Kier alpha value is -2.61. The quantitative estimate of drug-likeness (QED) is 0.460. The fourth-order valence-corrected chi connectivity index (χ4v) is 4.06. The molecule has 0 amide bonds. The number of aromatic nitrogens is 1. The van der Waals surface area contributed by atoms with Crippen LogP contribution in [0.1, 0.15) is 37.1 Å². The van der Waals surface area contributed by atoms with Gasteiger partial charge in [-0.05, 0) is 48.6 Å². The van der Waals surface area contributed by atoms with Gasteiger partial charge in [0.15, 0.2) is 5.60 Å². The van der Waals surface area contributed by atoms with E-state index in [0.717, 1.165) is 6.07 Å². The van der Waals surface area contributed by atoms with Crippen LogP contribution in [0.2, 0.25) is 0 Å². The Morgan fingerprint density at radius 1 is 1.00 bits per heavy atom. The molecule has 3 rings (SSSR count). The highest BCUT2D eigenvalue weighted by molar-refractivity contribution is 5.84. The largest absolute Gasteiger partial charge is 0.508 e. The van der Waals surface area contributed by atoms with Crippen LogP contribution >= 0.6 is 0 Å². The smallest absolute Gasteiger partial charge is 0.417 e. The number of halogens is 5. The number of aromatic amines is 1. The first-order chi connectivity index (χ1) is 13.7. The zero-order valence-corrected chi connectivity index (χ0v) is 16.7. The van der Waals surface area contributed by atoms with Crippen LogP contribution in [0, 0.1) is 18.6 Å². The van der Waals surface area contributed by atoms with Gasteiger partial charge in [-0.15, -0.1) is 0 Å². The molecule has 162 valence electrons. The topological polar surface area (TPSA) is 56.2 Å². The molecule has 0 fully saturated rings. The van der Waals surface area contributed by atoms with Gasteiger partial charge in [0.25, 0.3) is 0 Å². The number of hydrogen-bond donors (Lipinski definition) is 3. The van der Waals surface area contributed by atoms with Gasteiger partial charge in [0.1, 0.15) is 17.4 Å². The van der Waals surface area contributed by atoms with Crippen LogP contribution < -0.4 is 0 Å². The fourth-order valence-electron chi connectivity index (χ4n) is 4.06. The van der Waals surface area contributed by atoms with Crippen LogP contribution in [0.15, 0.2) is 36.4 Å². The van der Waals surface area contributed by atoms with E-state index in [2.05, 4.69) is 4.98 Å². The second kappa shape index (κ2) is 7.27. The highest BCUT2D eigenvalue weighted by atomic mass is 19.4. The SMILES string of the molecule is Cc1ccc(F)c2[nH]c(CC(O)(CC(C)(C)c3c(O)cccc3F)C(F)(F)F)cc12. The van der Waals surface area contributed by atoms with E-state index in [1.807, 2.05) is 0 Å². The lowest BCUT2D eigenvalue weighted by atomic mass is 9.73. The van der Waals surface area contributed by atoms with Gasteiger partial charge < -0.3 is 15.2 Å². The number of aromatic hydroxyl groups is 1. The summed E-state index contributed by atoms with van der Waals surface area (Å²) >= 11 is 0. The molecule has 0 aliphatic rings. The normalized spacial score (nSPS) is 14.8. The molecule has 0 aliphatic carbocycles. The highest BCUT2D eigenvalue weighted by Gasteiger charge is 2.56. The van der Waals surface area contributed by atoms with Gasteiger partial charge >= 0.3 is 6.18 Å². The molecule has 1 unspecified atom stereocenters. The van der Waals surface area contributed by atoms with Crippen molar-refractivity contribution in [3.8, 4) is 5.75 Å². The Morgan fingerprint density at radius 2 is 1.67 bits per heavy atom. The molecule has 1 heterocycles. The third-order valence-electron chi connectivity index (χ3n) is 5.43. The van der Waals surface area contributed by atoms with Crippen LogP contribution in [0.4, 0.5) is 22.0 Å². The monoisotopic (exact) mass is 427 g/mol. The Kier molecular flexibility index (Phi) is 5.35. The van der Waals surface area contributed by atoms with Gasteiger partial charge in [0, 0.05) is 23.1 Å². The van der Waals surface area contributed by atoms with Crippen molar-refractivity contribution in [2.45, 2.75) is 50.8 Å². The van der Waals surface area contributed by atoms with Gasteiger partial charge in [-0.25, -0.2) is 8.78 Å². The number of aryl methyl sites for hydroxylation is 1. The molecule has 3 N–H and O–H groups in total. The molecule has 3 aromatic rings. The third kappa shape index (κ3) is 3.88. The van der Waals surface area contributed by atoms with Crippen LogP contribution in [0.25, 0.3) is 10.9 Å². The molecule has 8 heteroatoms. The second-order valence-electron chi connectivity index (χ2n) is 8.35. The molecule has 1 atom stereocenters. The van der Waals surface area contributed by atoms with Crippen LogP contribution in [-0.4, -0.2) is 27.0 Å². The number of hydrogen-bond acceptors (Lipinski definition) is 2. The number of fused-ring (bicyclic) bond motifs is 1. The third-order valence-corrected chi connectivity index (χ3v) is 5.43. The van der Waals surface area contributed by atoms with E-state index in [-0.39, 0.29) is 16.8 Å². The molecule has 1 aromatic heterocycles. The number of alkyl halides is 3. The first-order valence-electron chi connectivity index (χ1n) is 9.29. The standard InChI is InChI=1S/C22H22F5NO2/c1-12-7-8-16(24)19-14(12)9-13(28-19)10-21(30,22(25,26)27)11-20(2,3)18-15(23)5-4-6-17(18)29/h4-9,28-30H,10-11H2,1-3H3. The second-order valence-corrected chi connectivity index (χ2v) is 8.35. The molecule has 2 aromatic carbocycles. The van der Waals surface area contributed by atoms with E-state index in [4.69, 9.17) is 0 Å². The maximum absolute atomic E-state index is 14.3. The van der Waals surface area contributed by atoms with E-state index < -0.39 is 47.4 Å². The van der Waals surface area contributed by atoms with Crippen molar-refractivity contribution in [2.75, 3.05) is 0 Å². The van der Waals surface area contributed by atoms with Gasteiger partial charge in [-0.1, -0.05) is 26.0 Å². The summed E-state index contributed by atoms with van der Waals surface area (Å²) in [4.78, 5) is 2.62. The summed E-state index contributed by atoms with van der Waals surface area (Å²) in [5.41, 5.74) is -4.41. The van der Waals surface area contributed by atoms with Crippen molar-refractivity contribution < 1.29 is 32.2 Å². The minimum atomic E-state index is -5.06. The molecule has 0 spiro atoms. The molecule has 0 radical (unpaired) electrons. The van der Waals surface area contributed by atoms with Crippen molar-refractivity contribution in [1.82, 2.24) is 4.98 Å². The van der Waals surface area contributed by atoms with Gasteiger partial charge in [-0.2, -0.15) is 13.2 Å². The average Bonchev–Trinajstić information content (AvgIpc) is 3.01. The molecular weight excluding hydrogens is 405 g/mol. The summed E-state index contributed by atoms with van der Waals surface area (Å²) < 4.78 is 70.2. The number of rotatable bonds is 5.